The van der Waals surface area contributed by atoms with Crippen LogP contribution in [0.4, 0.5) is 0 Å². The van der Waals surface area contributed by atoms with Gasteiger partial charge in [0.15, 0.2) is 0 Å². The molecule has 7 nitrogen and oxygen atoms in total. The van der Waals surface area contributed by atoms with Crippen molar-refractivity contribution in [3.63, 3.8) is 0 Å². The summed E-state index contributed by atoms with van der Waals surface area (Å²) >= 11 is 0. The number of carbonyl (C=O) groups excluding carboxylic acids is 2. The van der Waals surface area contributed by atoms with E-state index < -0.39 is 12.0 Å². The lowest BCUT2D eigenvalue weighted by Gasteiger charge is -2.38. The van der Waals surface area contributed by atoms with Crippen molar-refractivity contribution in [2.45, 2.75) is 78.9 Å². The van der Waals surface area contributed by atoms with Gasteiger partial charge in [0.1, 0.15) is 6.04 Å². The standard InChI is InChI=1S/C23H41N3O4/c1-9-17-10-11-18(25(7)13-17)21(27)24-20(15(4)5)22(28)26(8)19(14(2)3)12-16(6)23(29)30/h12,14-15,17-20H,9-11,13H2,1-8H3,(H,24,27)(H,29,30)/b16-12+/t17-,18-,19-,20+/m1/s1. The normalized spacial score (nSPS) is 22.7. The van der Waals surface area contributed by atoms with Crippen LogP contribution in [0.1, 0.15) is 60.8 Å². The summed E-state index contributed by atoms with van der Waals surface area (Å²) in [6.07, 6.45) is 4.54. The third kappa shape index (κ3) is 6.83. The number of hydrogen-bond acceptors (Lipinski definition) is 4. The first-order chi connectivity index (χ1) is 13.9. The maximum absolute atomic E-state index is 13.3. The summed E-state index contributed by atoms with van der Waals surface area (Å²) in [6, 6.07) is -1.24. The van der Waals surface area contributed by atoms with E-state index in [4.69, 9.17) is 0 Å². The highest BCUT2D eigenvalue weighted by atomic mass is 16.4. The molecule has 172 valence electrons. The highest BCUT2D eigenvalue weighted by Crippen LogP contribution is 2.23. The van der Waals surface area contributed by atoms with Crippen molar-refractivity contribution in [1.29, 1.82) is 0 Å². The van der Waals surface area contributed by atoms with Gasteiger partial charge in [0, 0.05) is 19.2 Å². The van der Waals surface area contributed by atoms with Crippen molar-refractivity contribution < 1.29 is 19.5 Å². The lowest BCUT2D eigenvalue weighted by Crippen LogP contribution is -2.58. The van der Waals surface area contributed by atoms with E-state index in [1.54, 1.807) is 18.0 Å². The Morgan fingerprint density at radius 2 is 1.77 bits per heavy atom. The number of nitrogens with zero attached hydrogens (tertiary/aromatic N) is 2. The second-order valence-corrected chi connectivity index (χ2v) is 9.38. The highest BCUT2D eigenvalue weighted by molar-refractivity contribution is 5.90. The van der Waals surface area contributed by atoms with Crippen LogP contribution in [0.2, 0.25) is 0 Å². The summed E-state index contributed by atoms with van der Waals surface area (Å²) in [5.74, 6) is -0.738. The van der Waals surface area contributed by atoms with Crippen molar-refractivity contribution in [2.75, 3.05) is 20.6 Å². The average Bonchev–Trinajstić information content (AvgIpc) is 2.67. The maximum atomic E-state index is 13.3. The fourth-order valence-electron chi connectivity index (χ4n) is 4.11. The Morgan fingerprint density at radius 3 is 2.20 bits per heavy atom. The predicted molar refractivity (Wildman–Crippen MR) is 119 cm³/mol. The van der Waals surface area contributed by atoms with Crippen LogP contribution in [-0.2, 0) is 14.4 Å². The molecule has 1 aliphatic rings. The van der Waals surface area contributed by atoms with Crippen molar-refractivity contribution in [1.82, 2.24) is 15.1 Å². The van der Waals surface area contributed by atoms with E-state index >= 15 is 0 Å². The summed E-state index contributed by atoms with van der Waals surface area (Å²) in [6.45, 7) is 12.3. The van der Waals surface area contributed by atoms with Gasteiger partial charge >= 0.3 is 5.97 Å². The van der Waals surface area contributed by atoms with Crippen LogP contribution in [0.25, 0.3) is 0 Å². The zero-order valence-electron chi connectivity index (χ0n) is 19.9. The summed E-state index contributed by atoms with van der Waals surface area (Å²) in [4.78, 5) is 41.2. The van der Waals surface area contributed by atoms with Gasteiger partial charge in [-0.25, -0.2) is 4.79 Å². The highest BCUT2D eigenvalue weighted by Gasteiger charge is 2.35. The number of likely N-dealkylation sites (N-methyl/N-ethyl adjacent to an activating group) is 2. The van der Waals surface area contributed by atoms with Gasteiger partial charge in [-0.15, -0.1) is 0 Å². The largest absolute Gasteiger partial charge is 0.478 e. The molecule has 30 heavy (non-hydrogen) atoms. The molecule has 2 amide bonds. The molecule has 0 bridgehead atoms. The zero-order valence-corrected chi connectivity index (χ0v) is 19.9. The summed E-state index contributed by atoms with van der Waals surface area (Å²) < 4.78 is 0. The maximum Gasteiger partial charge on any atom is 0.331 e. The fraction of sp³-hybridized carbons (Fsp3) is 0.783. The van der Waals surface area contributed by atoms with Gasteiger partial charge in [0.25, 0.3) is 0 Å². The average molecular weight is 424 g/mol. The number of amides is 2. The van der Waals surface area contributed by atoms with E-state index in [1.165, 1.54) is 6.92 Å². The number of carbonyl (C=O) groups is 3. The number of hydrogen-bond donors (Lipinski definition) is 2. The molecule has 7 heteroatoms. The molecule has 1 rings (SSSR count). The second kappa shape index (κ2) is 11.5. The summed E-state index contributed by atoms with van der Waals surface area (Å²) in [5.41, 5.74) is 0.202. The smallest absolute Gasteiger partial charge is 0.331 e. The van der Waals surface area contributed by atoms with Crippen LogP contribution in [-0.4, -0.2) is 71.5 Å². The Balaban J connectivity index is 2.97. The predicted octanol–water partition coefficient (Wildman–Crippen LogP) is 2.76. The lowest BCUT2D eigenvalue weighted by atomic mass is 9.90. The minimum Gasteiger partial charge on any atom is -0.478 e. The number of rotatable bonds is 9. The van der Waals surface area contributed by atoms with Crippen LogP contribution in [0.5, 0.6) is 0 Å². The number of carboxylic acid groups (broad SMARTS) is 1. The van der Waals surface area contributed by atoms with Crippen molar-refractivity contribution in [3.05, 3.63) is 11.6 Å². The third-order valence-electron chi connectivity index (χ3n) is 6.27. The molecule has 2 N–H and O–H groups in total. The molecule has 0 aromatic rings. The van der Waals surface area contributed by atoms with Crippen LogP contribution >= 0.6 is 0 Å². The lowest BCUT2D eigenvalue weighted by molar-refractivity contribution is -0.140. The number of likely N-dealkylation sites (tertiary alicyclic amines) is 1. The summed E-state index contributed by atoms with van der Waals surface area (Å²) in [5, 5.41) is 12.2. The first-order valence-electron chi connectivity index (χ1n) is 11.1. The topological polar surface area (TPSA) is 90.0 Å². The van der Waals surface area contributed by atoms with Gasteiger partial charge < -0.3 is 15.3 Å². The van der Waals surface area contributed by atoms with E-state index in [0.717, 1.165) is 25.8 Å². The van der Waals surface area contributed by atoms with E-state index in [2.05, 4.69) is 17.1 Å². The van der Waals surface area contributed by atoms with Crippen molar-refractivity contribution in [2.24, 2.45) is 17.8 Å². The second-order valence-electron chi connectivity index (χ2n) is 9.38. The van der Waals surface area contributed by atoms with Gasteiger partial charge in [-0.1, -0.05) is 47.1 Å². The molecular formula is C23H41N3O4. The quantitative estimate of drug-likeness (QED) is 0.557. The molecule has 0 aromatic heterocycles. The first-order valence-corrected chi connectivity index (χ1v) is 11.1. The van der Waals surface area contributed by atoms with Crippen LogP contribution in [0, 0.1) is 17.8 Å². The molecule has 1 fully saturated rings. The number of aliphatic carboxylic acids is 1. The van der Waals surface area contributed by atoms with Crippen LogP contribution in [0.15, 0.2) is 11.6 Å². The fourth-order valence-corrected chi connectivity index (χ4v) is 4.11. The molecule has 1 aliphatic heterocycles. The van der Waals surface area contributed by atoms with E-state index in [0.29, 0.717) is 5.92 Å². The molecule has 0 saturated carbocycles. The molecular weight excluding hydrogens is 382 g/mol. The SMILES string of the molecule is CC[C@@H]1CC[C@H](C(=O)N[C@H](C(=O)N(C)[C@H](/C=C(\C)C(=O)O)C(C)C)C(C)C)N(C)C1. The third-order valence-corrected chi connectivity index (χ3v) is 6.27. The van der Waals surface area contributed by atoms with Crippen LogP contribution in [0.3, 0.4) is 0 Å². The van der Waals surface area contributed by atoms with Gasteiger partial charge in [0.2, 0.25) is 11.8 Å². The Bertz CT molecular complexity index is 644. The molecule has 1 heterocycles. The molecule has 0 aromatic carbocycles. The molecule has 4 atom stereocenters. The van der Waals surface area contributed by atoms with Crippen molar-refractivity contribution >= 4 is 17.8 Å². The van der Waals surface area contributed by atoms with E-state index in [9.17, 15) is 19.5 Å². The number of piperidine rings is 1. The van der Waals surface area contributed by atoms with E-state index in [1.807, 2.05) is 34.7 Å². The van der Waals surface area contributed by atoms with Gasteiger partial charge in [-0.3, -0.25) is 14.5 Å². The minimum atomic E-state index is -0.999. The Labute approximate surface area is 181 Å². The Kier molecular flexibility index (Phi) is 10.0. The summed E-state index contributed by atoms with van der Waals surface area (Å²) in [7, 11) is 3.65. The number of carboxylic acids is 1. The Hall–Kier alpha value is -1.89. The number of nitrogens with one attached hydrogen (secondary N) is 1. The monoisotopic (exact) mass is 423 g/mol. The molecule has 1 saturated heterocycles. The van der Waals surface area contributed by atoms with Gasteiger partial charge in [0.05, 0.1) is 12.1 Å². The molecule has 0 spiro atoms. The van der Waals surface area contributed by atoms with Crippen LogP contribution < -0.4 is 5.32 Å². The first kappa shape index (κ1) is 26.1. The van der Waals surface area contributed by atoms with Crippen molar-refractivity contribution in [3.8, 4) is 0 Å². The van der Waals surface area contributed by atoms with E-state index in [-0.39, 0.29) is 41.3 Å². The van der Waals surface area contributed by atoms with Gasteiger partial charge in [-0.2, -0.15) is 0 Å². The zero-order chi connectivity index (χ0) is 23.2. The molecule has 0 aliphatic carbocycles. The van der Waals surface area contributed by atoms with Gasteiger partial charge in [-0.05, 0) is 44.6 Å². The minimum absolute atomic E-state index is 0.0345. The Morgan fingerprint density at radius 1 is 1.17 bits per heavy atom. The molecule has 0 unspecified atom stereocenters. The molecule has 0 radical (unpaired) electrons.